The van der Waals surface area contributed by atoms with Crippen molar-refractivity contribution in [3.05, 3.63) is 49.6 Å². The Hall–Kier alpha value is -0.823. The summed E-state index contributed by atoms with van der Waals surface area (Å²) in [5, 5.41) is 0. The van der Waals surface area contributed by atoms with Crippen LogP contribution in [0.5, 0.6) is 0 Å². The van der Waals surface area contributed by atoms with Gasteiger partial charge in [-0.05, 0) is 12.1 Å². The average Bonchev–Trinajstić information content (AvgIpc) is 2.05. The molecule has 0 nitrogen and oxygen atoms in total. The molecule has 1 heteroatoms. The minimum absolute atomic E-state index is 1.05. The summed E-state index contributed by atoms with van der Waals surface area (Å²) in [6.45, 7) is 12.1. The molecule has 0 atom stereocenters. The second-order valence-corrected chi connectivity index (χ2v) is 9.05. The Morgan fingerprint density at radius 3 is 1.62 bits per heavy atom. The Labute approximate surface area is 83.4 Å². The van der Waals surface area contributed by atoms with Crippen LogP contribution in [0.15, 0.2) is 49.6 Å². The van der Waals surface area contributed by atoms with E-state index >= 15 is 0 Å². The van der Waals surface area contributed by atoms with Crippen LogP contribution in [-0.4, -0.2) is 8.07 Å². The third-order valence-corrected chi connectivity index (χ3v) is 4.57. The van der Waals surface area contributed by atoms with Gasteiger partial charge in [-0.2, -0.15) is 0 Å². The van der Waals surface area contributed by atoms with Crippen LogP contribution in [0.4, 0.5) is 0 Å². The number of hydrogen-bond donors (Lipinski definition) is 0. The molecule has 0 amide bonds. The number of allylic oxidation sites excluding steroid dienone is 6. The van der Waals surface area contributed by atoms with E-state index in [1.165, 1.54) is 12.1 Å². The maximum absolute atomic E-state index is 3.66. The van der Waals surface area contributed by atoms with Crippen molar-refractivity contribution in [1.82, 2.24) is 0 Å². The lowest BCUT2D eigenvalue weighted by Gasteiger charge is -2.17. The molecular weight excluding hydrogens is 172 g/mol. The van der Waals surface area contributed by atoms with Gasteiger partial charge in [-0.3, -0.25) is 0 Å². The van der Waals surface area contributed by atoms with Gasteiger partial charge in [0.25, 0.3) is 0 Å². The van der Waals surface area contributed by atoms with Crippen LogP contribution in [0.1, 0.15) is 0 Å². The van der Waals surface area contributed by atoms with Crippen molar-refractivity contribution < 1.29 is 0 Å². The van der Waals surface area contributed by atoms with E-state index in [-0.39, 0.29) is 0 Å². The topological polar surface area (TPSA) is 0 Å². The molecule has 0 saturated carbocycles. The van der Waals surface area contributed by atoms with Gasteiger partial charge in [0.05, 0.1) is 8.07 Å². The minimum atomic E-state index is -1.05. The molecule has 0 aliphatic heterocycles. The molecule has 0 fully saturated rings. The molecule has 0 heterocycles. The molecule has 0 rings (SSSR count). The lowest BCUT2D eigenvalue weighted by Crippen LogP contribution is -2.22. The van der Waals surface area contributed by atoms with Crippen LogP contribution >= 0.6 is 0 Å². The molecule has 72 valence electrons. The van der Waals surface area contributed by atoms with Gasteiger partial charge >= 0.3 is 0 Å². The Bertz CT molecular complexity index is 187. The summed E-state index contributed by atoms with van der Waals surface area (Å²) in [7, 11) is -1.05. The van der Waals surface area contributed by atoms with Crippen LogP contribution in [0, 0.1) is 0 Å². The molecule has 0 N–H and O–H groups in total. The lowest BCUT2D eigenvalue weighted by molar-refractivity contribution is 1.41. The molecule has 0 aliphatic rings. The largest absolute Gasteiger partial charge is 0.0991 e. The SMILES string of the molecule is C=CC=CC[Si](C)(C)CC=CC=C. The van der Waals surface area contributed by atoms with Gasteiger partial charge in [0.15, 0.2) is 0 Å². The van der Waals surface area contributed by atoms with E-state index in [9.17, 15) is 0 Å². The molecule has 0 radical (unpaired) electrons. The first kappa shape index (κ1) is 12.2. The average molecular weight is 192 g/mol. The Kier molecular flexibility index (Phi) is 6.24. The highest BCUT2D eigenvalue weighted by Crippen LogP contribution is 2.16. The van der Waals surface area contributed by atoms with Crippen molar-refractivity contribution in [3.8, 4) is 0 Å². The summed E-state index contributed by atoms with van der Waals surface area (Å²) in [6, 6.07) is 2.45. The van der Waals surface area contributed by atoms with Crippen molar-refractivity contribution in [2.24, 2.45) is 0 Å². The fraction of sp³-hybridized carbons (Fsp3) is 0.333. The van der Waals surface area contributed by atoms with Crippen molar-refractivity contribution in [2.45, 2.75) is 25.2 Å². The van der Waals surface area contributed by atoms with Gasteiger partial charge in [0.2, 0.25) is 0 Å². The quantitative estimate of drug-likeness (QED) is 0.437. The van der Waals surface area contributed by atoms with Crippen molar-refractivity contribution in [3.63, 3.8) is 0 Å². The zero-order chi connectivity index (χ0) is 10.2. The first-order valence-corrected chi connectivity index (χ1v) is 8.09. The summed E-state index contributed by atoms with van der Waals surface area (Å²) in [4.78, 5) is 0. The predicted molar refractivity (Wildman–Crippen MR) is 65.8 cm³/mol. The van der Waals surface area contributed by atoms with Gasteiger partial charge in [0, 0.05) is 0 Å². The second-order valence-electron chi connectivity index (χ2n) is 3.90. The van der Waals surface area contributed by atoms with E-state index in [0.29, 0.717) is 0 Å². The smallest absolute Gasteiger partial charge is 0.0549 e. The molecule has 0 bridgehead atoms. The summed E-state index contributed by atoms with van der Waals surface area (Å²) in [5.74, 6) is 0. The maximum atomic E-state index is 3.66. The summed E-state index contributed by atoms with van der Waals surface area (Å²) in [6.07, 6.45) is 12.2. The van der Waals surface area contributed by atoms with Gasteiger partial charge in [-0.1, -0.05) is 62.7 Å². The highest BCUT2D eigenvalue weighted by atomic mass is 28.3. The first-order valence-electron chi connectivity index (χ1n) is 4.67. The zero-order valence-electron chi connectivity index (χ0n) is 8.79. The van der Waals surface area contributed by atoms with Crippen LogP contribution in [-0.2, 0) is 0 Å². The molecular formula is C12H20Si. The third-order valence-electron chi connectivity index (χ3n) is 1.89. The Morgan fingerprint density at radius 1 is 0.923 bits per heavy atom. The summed E-state index contributed by atoms with van der Waals surface area (Å²) in [5.41, 5.74) is 0. The monoisotopic (exact) mass is 192 g/mol. The first-order chi connectivity index (χ1) is 6.12. The zero-order valence-corrected chi connectivity index (χ0v) is 9.79. The van der Waals surface area contributed by atoms with Gasteiger partial charge in [0.1, 0.15) is 0 Å². The Morgan fingerprint density at radius 2 is 1.31 bits per heavy atom. The van der Waals surface area contributed by atoms with Crippen LogP contribution in [0.25, 0.3) is 0 Å². The number of hydrogen-bond acceptors (Lipinski definition) is 0. The second kappa shape index (κ2) is 6.67. The molecule has 0 aromatic heterocycles. The van der Waals surface area contributed by atoms with Crippen molar-refractivity contribution in [2.75, 3.05) is 0 Å². The van der Waals surface area contributed by atoms with E-state index in [1.54, 1.807) is 0 Å². The lowest BCUT2D eigenvalue weighted by atomic mass is 10.5. The van der Waals surface area contributed by atoms with Crippen molar-refractivity contribution in [1.29, 1.82) is 0 Å². The molecule has 0 unspecified atom stereocenters. The number of rotatable bonds is 6. The maximum Gasteiger partial charge on any atom is 0.0549 e. The van der Waals surface area contributed by atoms with E-state index < -0.39 is 8.07 Å². The van der Waals surface area contributed by atoms with E-state index in [2.05, 4.69) is 38.4 Å². The van der Waals surface area contributed by atoms with Crippen molar-refractivity contribution >= 4 is 8.07 Å². The van der Waals surface area contributed by atoms with Crippen LogP contribution in [0.2, 0.25) is 25.2 Å². The van der Waals surface area contributed by atoms with E-state index in [1.807, 2.05) is 24.3 Å². The van der Waals surface area contributed by atoms with Crippen LogP contribution in [0.3, 0.4) is 0 Å². The van der Waals surface area contributed by atoms with E-state index in [4.69, 9.17) is 0 Å². The standard InChI is InChI=1S/C12H20Si/c1-5-7-9-11-13(3,4)12-10-8-6-2/h5-10H,1-2,11-12H2,3-4H3. The van der Waals surface area contributed by atoms with Gasteiger partial charge < -0.3 is 0 Å². The molecule has 13 heavy (non-hydrogen) atoms. The minimum Gasteiger partial charge on any atom is -0.0991 e. The molecule has 0 aliphatic carbocycles. The summed E-state index contributed by atoms with van der Waals surface area (Å²) < 4.78 is 0. The normalized spacial score (nSPS) is 12.5. The summed E-state index contributed by atoms with van der Waals surface area (Å²) >= 11 is 0. The third kappa shape index (κ3) is 7.53. The molecule has 0 aromatic carbocycles. The highest BCUT2D eigenvalue weighted by Gasteiger charge is 2.15. The predicted octanol–water partition coefficient (Wildman–Crippen LogP) is 4.18. The highest BCUT2D eigenvalue weighted by molar-refractivity contribution is 6.78. The van der Waals surface area contributed by atoms with Gasteiger partial charge in [-0.15, -0.1) is 0 Å². The fourth-order valence-corrected chi connectivity index (χ4v) is 2.76. The Balaban J connectivity index is 3.91. The molecule has 0 saturated heterocycles. The molecule has 0 spiro atoms. The van der Waals surface area contributed by atoms with Gasteiger partial charge in [-0.25, -0.2) is 0 Å². The fourth-order valence-electron chi connectivity index (χ4n) is 1.05. The molecule has 0 aromatic rings. The van der Waals surface area contributed by atoms with E-state index in [0.717, 1.165) is 0 Å². The van der Waals surface area contributed by atoms with Crippen LogP contribution < -0.4 is 0 Å².